The summed E-state index contributed by atoms with van der Waals surface area (Å²) in [6, 6.07) is 7.34. The maximum atomic E-state index is 12.2. The minimum Gasteiger partial charge on any atom is -0.366 e. The highest BCUT2D eigenvalue weighted by Gasteiger charge is 2.20. The lowest BCUT2D eigenvalue weighted by atomic mass is 9.99. The molecule has 1 aromatic carbocycles. The summed E-state index contributed by atoms with van der Waals surface area (Å²) in [7, 11) is 0. The van der Waals surface area contributed by atoms with Gasteiger partial charge in [-0.2, -0.15) is 0 Å². The van der Waals surface area contributed by atoms with Gasteiger partial charge < -0.3 is 10.5 Å². The number of hydrogen-bond donors (Lipinski definition) is 1. The minimum atomic E-state index is -2.47. The zero-order valence-corrected chi connectivity index (χ0v) is 10.2. The normalized spacial score (nSPS) is 14.9. The number of rotatable bonds is 6. The summed E-state index contributed by atoms with van der Waals surface area (Å²) in [6.07, 6.45) is -2.25. The van der Waals surface area contributed by atoms with Gasteiger partial charge in [0, 0.05) is 6.04 Å². The van der Waals surface area contributed by atoms with Gasteiger partial charge in [0.05, 0.1) is 6.10 Å². The molecule has 0 aliphatic heterocycles. The molecule has 0 fully saturated rings. The SMILES string of the molecule is CCC(N)C(OCC(F)F)c1cccc(C)c1. The van der Waals surface area contributed by atoms with Gasteiger partial charge in [-0.25, -0.2) is 8.78 Å². The van der Waals surface area contributed by atoms with Gasteiger partial charge >= 0.3 is 0 Å². The molecule has 2 unspecified atom stereocenters. The second-order valence-corrected chi connectivity index (χ2v) is 4.13. The van der Waals surface area contributed by atoms with Crippen LogP contribution in [0.2, 0.25) is 0 Å². The average molecular weight is 243 g/mol. The molecule has 96 valence electrons. The second kappa shape index (κ2) is 6.67. The first-order chi connectivity index (χ1) is 8.04. The zero-order chi connectivity index (χ0) is 12.8. The molecule has 0 bridgehead atoms. The number of halogens is 2. The number of hydrogen-bond acceptors (Lipinski definition) is 2. The summed E-state index contributed by atoms with van der Waals surface area (Å²) in [5.41, 5.74) is 7.84. The van der Waals surface area contributed by atoms with Crippen LogP contribution in [0.5, 0.6) is 0 Å². The molecule has 2 nitrogen and oxygen atoms in total. The van der Waals surface area contributed by atoms with E-state index in [2.05, 4.69) is 0 Å². The predicted molar refractivity (Wildman–Crippen MR) is 64.1 cm³/mol. The van der Waals surface area contributed by atoms with Crippen molar-refractivity contribution >= 4 is 0 Å². The summed E-state index contributed by atoms with van der Waals surface area (Å²) >= 11 is 0. The van der Waals surface area contributed by atoms with Crippen molar-refractivity contribution in [3.63, 3.8) is 0 Å². The van der Waals surface area contributed by atoms with E-state index < -0.39 is 19.1 Å². The highest BCUT2D eigenvalue weighted by molar-refractivity contribution is 5.25. The molecule has 2 N–H and O–H groups in total. The molecule has 0 aliphatic carbocycles. The van der Waals surface area contributed by atoms with Gasteiger partial charge in [0.1, 0.15) is 6.61 Å². The van der Waals surface area contributed by atoms with Crippen LogP contribution in [0.4, 0.5) is 8.78 Å². The standard InChI is InChI=1S/C13H19F2NO/c1-3-11(16)13(17-8-12(14)15)10-6-4-5-9(2)7-10/h4-7,11-13H,3,8,16H2,1-2H3. The predicted octanol–water partition coefficient (Wildman–Crippen LogP) is 3.06. The van der Waals surface area contributed by atoms with Crippen LogP contribution in [0.15, 0.2) is 24.3 Å². The van der Waals surface area contributed by atoms with Gasteiger partial charge in [0.15, 0.2) is 0 Å². The Balaban J connectivity index is 2.82. The lowest BCUT2D eigenvalue weighted by Gasteiger charge is -2.24. The van der Waals surface area contributed by atoms with E-state index in [9.17, 15) is 8.78 Å². The second-order valence-electron chi connectivity index (χ2n) is 4.13. The van der Waals surface area contributed by atoms with Gasteiger partial charge in [0.25, 0.3) is 6.43 Å². The lowest BCUT2D eigenvalue weighted by molar-refractivity contribution is -0.0351. The molecule has 0 heterocycles. The Morgan fingerprint density at radius 1 is 1.35 bits per heavy atom. The molecular formula is C13H19F2NO. The van der Waals surface area contributed by atoms with Gasteiger partial charge in [-0.15, -0.1) is 0 Å². The van der Waals surface area contributed by atoms with Crippen molar-refractivity contribution in [3.8, 4) is 0 Å². The van der Waals surface area contributed by atoms with Crippen molar-refractivity contribution in [3.05, 3.63) is 35.4 Å². The third kappa shape index (κ3) is 4.40. The smallest absolute Gasteiger partial charge is 0.261 e. The summed E-state index contributed by atoms with van der Waals surface area (Å²) in [5.74, 6) is 0. The van der Waals surface area contributed by atoms with Gasteiger partial charge in [-0.1, -0.05) is 36.8 Å². The number of nitrogens with two attached hydrogens (primary N) is 1. The molecule has 0 radical (unpaired) electrons. The van der Waals surface area contributed by atoms with Crippen LogP contribution in [0.1, 0.15) is 30.6 Å². The van der Waals surface area contributed by atoms with E-state index in [1.54, 1.807) is 0 Å². The van der Waals surface area contributed by atoms with E-state index in [1.807, 2.05) is 38.1 Å². The van der Waals surface area contributed by atoms with E-state index >= 15 is 0 Å². The van der Waals surface area contributed by atoms with Crippen molar-refractivity contribution in [2.75, 3.05) is 6.61 Å². The van der Waals surface area contributed by atoms with Crippen LogP contribution in [-0.4, -0.2) is 19.1 Å². The van der Waals surface area contributed by atoms with E-state index in [4.69, 9.17) is 10.5 Å². The fraction of sp³-hybridized carbons (Fsp3) is 0.538. The first-order valence-corrected chi connectivity index (χ1v) is 5.76. The first-order valence-electron chi connectivity index (χ1n) is 5.76. The molecule has 0 aliphatic rings. The molecule has 17 heavy (non-hydrogen) atoms. The molecule has 0 spiro atoms. The highest BCUT2D eigenvalue weighted by atomic mass is 19.3. The summed E-state index contributed by atoms with van der Waals surface area (Å²) in [4.78, 5) is 0. The minimum absolute atomic E-state index is 0.268. The van der Waals surface area contributed by atoms with Crippen LogP contribution in [0.3, 0.4) is 0 Å². The van der Waals surface area contributed by atoms with E-state index in [0.717, 1.165) is 11.1 Å². The molecule has 2 atom stereocenters. The Bertz CT molecular complexity index is 344. The van der Waals surface area contributed by atoms with Crippen molar-refractivity contribution in [1.82, 2.24) is 0 Å². The molecule has 4 heteroatoms. The van der Waals surface area contributed by atoms with Gasteiger partial charge in [-0.05, 0) is 18.9 Å². The molecular weight excluding hydrogens is 224 g/mol. The number of ether oxygens (including phenoxy) is 1. The highest BCUT2D eigenvalue weighted by Crippen LogP contribution is 2.23. The summed E-state index contributed by atoms with van der Waals surface area (Å²) < 4.78 is 29.6. The Hall–Kier alpha value is -1.00. The van der Waals surface area contributed by atoms with Crippen molar-refractivity contribution in [2.45, 2.75) is 38.8 Å². The van der Waals surface area contributed by atoms with Crippen LogP contribution >= 0.6 is 0 Å². The Kier molecular flexibility index (Phi) is 5.51. The quantitative estimate of drug-likeness (QED) is 0.833. The largest absolute Gasteiger partial charge is 0.366 e. The molecule has 0 amide bonds. The van der Waals surface area contributed by atoms with Crippen LogP contribution in [0, 0.1) is 6.92 Å². The van der Waals surface area contributed by atoms with Crippen LogP contribution in [0.25, 0.3) is 0 Å². The van der Waals surface area contributed by atoms with Gasteiger partial charge in [0.2, 0.25) is 0 Å². The molecule has 1 rings (SSSR count). The summed E-state index contributed by atoms with van der Waals surface area (Å²) in [6.45, 7) is 3.29. The van der Waals surface area contributed by atoms with Crippen molar-refractivity contribution in [2.24, 2.45) is 5.73 Å². The van der Waals surface area contributed by atoms with Crippen LogP contribution in [-0.2, 0) is 4.74 Å². The van der Waals surface area contributed by atoms with E-state index in [-0.39, 0.29) is 6.04 Å². The van der Waals surface area contributed by atoms with Crippen molar-refractivity contribution in [1.29, 1.82) is 0 Å². The maximum absolute atomic E-state index is 12.2. The first kappa shape index (κ1) is 14.1. The Morgan fingerprint density at radius 2 is 2.06 bits per heavy atom. The average Bonchev–Trinajstić information content (AvgIpc) is 2.28. The Morgan fingerprint density at radius 3 is 2.59 bits per heavy atom. The fourth-order valence-electron chi connectivity index (χ4n) is 1.70. The maximum Gasteiger partial charge on any atom is 0.261 e. The summed E-state index contributed by atoms with van der Waals surface area (Å²) in [5, 5.41) is 0. The fourth-order valence-corrected chi connectivity index (χ4v) is 1.70. The molecule has 1 aromatic rings. The molecule has 0 saturated carbocycles. The van der Waals surface area contributed by atoms with Crippen LogP contribution < -0.4 is 5.73 Å². The monoisotopic (exact) mass is 243 g/mol. The van der Waals surface area contributed by atoms with E-state index in [0.29, 0.717) is 6.42 Å². The van der Waals surface area contributed by atoms with E-state index in [1.165, 1.54) is 0 Å². The number of aryl methyl sites for hydroxylation is 1. The third-order valence-electron chi connectivity index (χ3n) is 2.63. The van der Waals surface area contributed by atoms with Gasteiger partial charge in [-0.3, -0.25) is 0 Å². The van der Waals surface area contributed by atoms with Crippen molar-refractivity contribution < 1.29 is 13.5 Å². The third-order valence-corrected chi connectivity index (χ3v) is 2.63. The topological polar surface area (TPSA) is 35.2 Å². The zero-order valence-electron chi connectivity index (χ0n) is 10.2. The number of alkyl halides is 2. The Labute approximate surface area is 101 Å². The molecule has 0 saturated heterocycles. The number of benzene rings is 1. The molecule has 0 aromatic heterocycles. The lowest BCUT2D eigenvalue weighted by Crippen LogP contribution is -2.30.